The molecule has 0 aliphatic rings. The van der Waals surface area contributed by atoms with Gasteiger partial charge in [-0.1, -0.05) is 18.2 Å². The van der Waals surface area contributed by atoms with Gasteiger partial charge in [-0.05, 0) is 36.6 Å². The average molecular weight is 379 g/mol. The van der Waals surface area contributed by atoms with Gasteiger partial charge >= 0.3 is 0 Å². The number of imidazole rings is 1. The van der Waals surface area contributed by atoms with Gasteiger partial charge in [0.25, 0.3) is 5.56 Å². The summed E-state index contributed by atoms with van der Waals surface area (Å²) in [5.41, 5.74) is 2.11. The van der Waals surface area contributed by atoms with Crippen LogP contribution in [0.1, 0.15) is 18.8 Å². The number of nitrogens with zero attached hydrogens (tertiary/aromatic N) is 3. The zero-order chi connectivity index (χ0) is 18.8. The van der Waals surface area contributed by atoms with Gasteiger partial charge in [-0.25, -0.2) is 9.67 Å². The highest BCUT2D eigenvalue weighted by Gasteiger charge is 2.18. The van der Waals surface area contributed by atoms with Crippen molar-refractivity contribution in [3.05, 3.63) is 70.1 Å². The Morgan fingerprint density at radius 2 is 2.07 bits per heavy atom. The van der Waals surface area contributed by atoms with E-state index in [2.05, 4.69) is 20.4 Å². The smallest absolute Gasteiger partial charge is 0.267 e. The first-order chi connectivity index (χ1) is 13.1. The van der Waals surface area contributed by atoms with Gasteiger partial charge in [0.1, 0.15) is 17.6 Å². The van der Waals surface area contributed by atoms with E-state index in [1.807, 2.05) is 41.8 Å². The number of aromatic amines is 1. The molecule has 4 aromatic rings. The van der Waals surface area contributed by atoms with Crippen molar-refractivity contribution in [2.24, 2.45) is 0 Å². The highest BCUT2D eigenvalue weighted by molar-refractivity contribution is 7.13. The second-order valence-corrected chi connectivity index (χ2v) is 7.02. The fraction of sp³-hybridized carbons (Fsp3) is 0.158. The first-order valence-electron chi connectivity index (χ1n) is 8.47. The van der Waals surface area contributed by atoms with E-state index in [0.717, 1.165) is 15.9 Å². The number of para-hydroxylation sites is 2. The maximum atomic E-state index is 12.5. The van der Waals surface area contributed by atoms with Crippen LogP contribution in [0.5, 0.6) is 0 Å². The van der Waals surface area contributed by atoms with E-state index in [1.165, 1.54) is 22.1 Å². The molecule has 0 bridgehead atoms. The van der Waals surface area contributed by atoms with Crippen LogP contribution in [0.3, 0.4) is 0 Å². The maximum absolute atomic E-state index is 12.5. The largest absolute Gasteiger partial charge is 0.347 e. The van der Waals surface area contributed by atoms with Crippen LogP contribution in [0.15, 0.2) is 58.7 Å². The van der Waals surface area contributed by atoms with Gasteiger partial charge < -0.3 is 10.3 Å². The van der Waals surface area contributed by atoms with E-state index in [4.69, 9.17) is 0 Å². The first kappa shape index (κ1) is 17.2. The number of H-pyrrole nitrogens is 1. The van der Waals surface area contributed by atoms with E-state index in [0.29, 0.717) is 11.5 Å². The van der Waals surface area contributed by atoms with Crippen LogP contribution in [0, 0.1) is 0 Å². The van der Waals surface area contributed by atoms with Gasteiger partial charge in [0.15, 0.2) is 0 Å². The highest BCUT2D eigenvalue weighted by Crippen LogP contribution is 2.21. The number of fused-ring (bicyclic) bond motifs is 1. The molecule has 0 aliphatic carbocycles. The standard InChI is InChI=1S/C19H17N5O2S/c1-12(24-18(25)9-8-15(23-24)16-7-4-10-27-16)19(26)20-11-17-21-13-5-2-3-6-14(13)22-17/h2-10,12H,11H2,1H3,(H,20,26)(H,21,22). The van der Waals surface area contributed by atoms with E-state index in [9.17, 15) is 9.59 Å². The molecule has 1 unspecified atom stereocenters. The molecule has 8 heteroatoms. The SMILES string of the molecule is CC(C(=O)NCc1nc2ccccc2[nH]1)n1nc(-c2cccs2)ccc1=O. The van der Waals surface area contributed by atoms with Gasteiger partial charge in [-0.3, -0.25) is 9.59 Å². The fourth-order valence-electron chi connectivity index (χ4n) is 2.78. The second-order valence-electron chi connectivity index (χ2n) is 6.07. The number of thiophene rings is 1. The van der Waals surface area contributed by atoms with Crippen molar-refractivity contribution in [1.29, 1.82) is 0 Å². The molecule has 3 heterocycles. The predicted molar refractivity (Wildman–Crippen MR) is 104 cm³/mol. The number of carbonyl (C=O) groups is 1. The molecule has 0 spiro atoms. The Kier molecular flexibility index (Phi) is 4.55. The van der Waals surface area contributed by atoms with E-state index in [1.54, 1.807) is 13.0 Å². The number of amides is 1. The highest BCUT2D eigenvalue weighted by atomic mass is 32.1. The molecule has 3 aromatic heterocycles. The van der Waals surface area contributed by atoms with Crippen molar-refractivity contribution in [2.45, 2.75) is 19.5 Å². The first-order valence-corrected chi connectivity index (χ1v) is 9.35. The lowest BCUT2D eigenvalue weighted by molar-refractivity contribution is -0.124. The number of nitrogens with one attached hydrogen (secondary N) is 2. The van der Waals surface area contributed by atoms with Gasteiger partial charge in [0, 0.05) is 6.07 Å². The van der Waals surface area contributed by atoms with Crippen molar-refractivity contribution in [1.82, 2.24) is 25.1 Å². The summed E-state index contributed by atoms with van der Waals surface area (Å²) in [6.07, 6.45) is 0. The Labute approximate surface area is 158 Å². The number of aromatic nitrogens is 4. The molecule has 0 radical (unpaired) electrons. The van der Waals surface area contributed by atoms with Crippen LogP contribution in [0.25, 0.3) is 21.6 Å². The summed E-state index contributed by atoms with van der Waals surface area (Å²) in [6, 6.07) is 13.9. The summed E-state index contributed by atoms with van der Waals surface area (Å²) in [6.45, 7) is 1.90. The Morgan fingerprint density at radius 3 is 2.85 bits per heavy atom. The fourth-order valence-corrected chi connectivity index (χ4v) is 3.47. The molecule has 1 amide bonds. The quantitative estimate of drug-likeness (QED) is 0.558. The third kappa shape index (κ3) is 3.52. The molecular weight excluding hydrogens is 362 g/mol. The van der Waals surface area contributed by atoms with Crippen LogP contribution < -0.4 is 10.9 Å². The third-order valence-corrected chi connectivity index (χ3v) is 5.11. The number of carbonyl (C=O) groups excluding carboxylic acids is 1. The molecule has 1 aromatic carbocycles. The molecule has 0 aliphatic heterocycles. The lowest BCUT2D eigenvalue weighted by Crippen LogP contribution is -2.36. The van der Waals surface area contributed by atoms with Crippen molar-refractivity contribution in [2.75, 3.05) is 0 Å². The number of hydrogen-bond acceptors (Lipinski definition) is 5. The molecule has 7 nitrogen and oxygen atoms in total. The van der Waals surface area contributed by atoms with E-state index >= 15 is 0 Å². The molecule has 0 saturated heterocycles. The minimum Gasteiger partial charge on any atom is -0.347 e. The maximum Gasteiger partial charge on any atom is 0.267 e. The van der Waals surface area contributed by atoms with Gasteiger partial charge in [0.2, 0.25) is 5.91 Å². The molecule has 1 atom stereocenters. The average Bonchev–Trinajstić information content (AvgIpc) is 3.35. The molecule has 27 heavy (non-hydrogen) atoms. The van der Waals surface area contributed by atoms with Crippen molar-refractivity contribution in [3.63, 3.8) is 0 Å². The zero-order valence-corrected chi connectivity index (χ0v) is 15.4. The van der Waals surface area contributed by atoms with Crippen LogP contribution in [0.4, 0.5) is 0 Å². The summed E-state index contributed by atoms with van der Waals surface area (Å²) in [4.78, 5) is 33.2. The summed E-state index contributed by atoms with van der Waals surface area (Å²) in [5.74, 6) is 0.359. The van der Waals surface area contributed by atoms with Gasteiger partial charge in [-0.2, -0.15) is 5.10 Å². The van der Waals surface area contributed by atoms with Gasteiger partial charge in [0.05, 0.1) is 22.5 Å². The molecular formula is C19H17N5O2S. The lowest BCUT2D eigenvalue weighted by atomic mass is 10.3. The molecule has 2 N–H and O–H groups in total. The Morgan fingerprint density at radius 1 is 1.22 bits per heavy atom. The van der Waals surface area contributed by atoms with Crippen molar-refractivity contribution >= 4 is 28.3 Å². The number of benzene rings is 1. The molecule has 4 rings (SSSR count). The predicted octanol–water partition coefficient (Wildman–Crippen LogP) is 2.73. The van der Waals surface area contributed by atoms with Crippen molar-refractivity contribution in [3.8, 4) is 10.6 Å². The number of hydrogen-bond donors (Lipinski definition) is 2. The minimum absolute atomic E-state index is 0.247. The van der Waals surface area contributed by atoms with Crippen LogP contribution >= 0.6 is 11.3 Å². The van der Waals surface area contributed by atoms with Crippen molar-refractivity contribution < 1.29 is 4.79 Å². The number of rotatable bonds is 5. The second kappa shape index (κ2) is 7.16. The molecule has 0 saturated carbocycles. The topological polar surface area (TPSA) is 92.7 Å². The molecule has 0 fully saturated rings. The lowest BCUT2D eigenvalue weighted by Gasteiger charge is -2.14. The van der Waals surface area contributed by atoms with E-state index < -0.39 is 6.04 Å². The Balaban J connectivity index is 1.50. The van der Waals surface area contributed by atoms with Crippen LogP contribution in [-0.4, -0.2) is 25.7 Å². The summed E-state index contributed by atoms with van der Waals surface area (Å²) < 4.78 is 1.21. The van der Waals surface area contributed by atoms with Crippen LogP contribution in [0.2, 0.25) is 0 Å². The zero-order valence-electron chi connectivity index (χ0n) is 14.5. The summed E-state index contributed by atoms with van der Waals surface area (Å²) >= 11 is 1.53. The van der Waals surface area contributed by atoms with Crippen LogP contribution in [-0.2, 0) is 11.3 Å². The summed E-state index contributed by atoms with van der Waals surface area (Å²) in [7, 11) is 0. The Bertz CT molecular complexity index is 1110. The Hall–Kier alpha value is -3.26. The molecule has 136 valence electrons. The third-order valence-electron chi connectivity index (χ3n) is 4.21. The van der Waals surface area contributed by atoms with Gasteiger partial charge in [-0.15, -0.1) is 11.3 Å². The normalized spacial score (nSPS) is 12.2. The monoisotopic (exact) mass is 379 g/mol. The summed E-state index contributed by atoms with van der Waals surface area (Å²) in [5, 5.41) is 9.11. The van der Waals surface area contributed by atoms with E-state index in [-0.39, 0.29) is 18.0 Å². The minimum atomic E-state index is -0.734.